The molecule has 0 saturated carbocycles. The summed E-state index contributed by atoms with van der Waals surface area (Å²) in [5.41, 5.74) is 0. The first-order valence-corrected chi connectivity index (χ1v) is 7.91. The van der Waals surface area contributed by atoms with Crippen molar-refractivity contribution in [1.82, 2.24) is 0 Å². The van der Waals surface area contributed by atoms with E-state index in [2.05, 4.69) is 28.1 Å². The molecule has 44 valence electrons. The van der Waals surface area contributed by atoms with Gasteiger partial charge >= 0.3 is 0 Å². The highest BCUT2D eigenvalue weighted by Crippen LogP contribution is 2.27. The summed E-state index contributed by atoms with van der Waals surface area (Å²) in [7, 11) is 5.70. The Labute approximate surface area is 68.9 Å². The van der Waals surface area contributed by atoms with Crippen molar-refractivity contribution in [3.8, 4) is 0 Å². The van der Waals surface area contributed by atoms with Gasteiger partial charge in [-0.3, -0.25) is 0 Å². The molecule has 0 nitrogen and oxygen atoms in total. The molecular formula is C3H7IS3. The fourth-order valence-electron chi connectivity index (χ4n) is 0.136. The molecule has 4 heteroatoms. The number of hydrogen-bond donors (Lipinski definition) is 0. The number of halogens is 1. The predicted molar refractivity (Wildman–Crippen MR) is 52.2 cm³/mol. The second-order valence-electron chi connectivity index (χ2n) is 0.751. The van der Waals surface area contributed by atoms with Crippen LogP contribution in [0.5, 0.6) is 0 Å². The molecule has 7 heavy (non-hydrogen) atoms. The zero-order valence-electron chi connectivity index (χ0n) is 4.02. The van der Waals surface area contributed by atoms with Crippen LogP contribution in [-0.2, 0) is 0 Å². The van der Waals surface area contributed by atoms with Gasteiger partial charge in [-0.15, -0.1) is 0 Å². The average molecular weight is 266 g/mol. The van der Waals surface area contributed by atoms with Gasteiger partial charge in [0, 0.05) is 5.75 Å². The molecule has 0 radical (unpaired) electrons. The summed E-state index contributed by atoms with van der Waals surface area (Å²) in [6.07, 6.45) is 0. The molecule has 0 amide bonds. The van der Waals surface area contributed by atoms with E-state index in [4.69, 9.17) is 0 Å². The molecule has 0 rings (SSSR count). The molecule has 0 spiro atoms. The average Bonchev–Trinajstić information content (AvgIpc) is 1.69. The van der Waals surface area contributed by atoms with Crippen molar-refractivity contribution in [2.75, 3.05) is 10.8 Å². The summed E-state index contributed by atoms with van der Waals surface area (Å²) in [6, 6.07) is 0. The van der Waals surface area contributed by atoms with Crippen LogP contribution in [0.25, 0.3) is 0 Å². The second-order valence-corrected chi connectivity index (χ2v) is 6.24. The first-order valence-electron chi connectivity index (χ1n) is 1.89. The van der Waals surface area contributed by atoms with E-state index in [-0.39, 0.29) is 0 Å². The van der Waals surface area contributed by atoms with Gasteiger partial charge in [-0.1, -0.05) is 37.4 Å². The van der Waals surface area contributed by atoms with Gasteiger partial charge in [-0.05, 0) is 21.2 Å². The lowest BCUT2D eigenvalue weighted by Gasteiger charge is -1.89. The molecule has 0 atom stereocenters. The van der Waals surface area contributed by atoms with Crippen molar-refractivity contribution in [2.24, 2.45) is 0 Å². The fourth-order valence-corrected chi connectivity index (χ4v) is 4.96. The Morgan fingerprint density at radius 3 is 2.57 bits per heavy atom. The van der Waals surface area contributed by atoms with Crippen molar-refractivity contribution >= 4 is 51.7 Å². The monoisotopic (exact) mass is 266 g/mol. The molecule has 0 unspecified atom stereocenters. The van der Waals surface area contributed by atoms with Crippen LogP contribution in [0, 0.1) is 0 Å². The summed E-state index contributed by atoms with van der Waals surface area (Å²) in [5, 5.41) is 1.21. The minimum absolute atomic E-state index is 1.21. The van der Waals surface area contributed by atoms with Crippen LogP contribution in [0.4, 0.5) is 0 Å². The highest BCUT2D eigenvalue weighted by molar-refractivity contribution is 14.2. The Morgan fingerprint density at radius 2 is 2.14 bits per heavy atom. The van der Waals surface area contributed by atoms with Crippen molar-refractivity contribution in [2.45, 2.75) is 6.92 Å². The third kappa shape index (κ3) is 7.78. The Bertz CT molecular complexity index is 29.4. The van der Waals surface area contributed by atoms with E-state index in [9.17, 15) is 0 Å². The van der Waals surface area contributed by atoms with E-state index >= 15 is 0 Å². The van der Waals surface area contributed by atoms with Gasteiger partial charge in [0.2, 0.25) is 0 Å². The molecule has 0 saturated heterocycles. The lowest BCUT2D eigenvalue weighted by Crippen LogP contribution is -1.58. The van der Waals surface area contributed by atoms with Crippen molar-refractivity contribution in [3.05, 3.63) is 0 Å². The molecule has 0 bridgehead atoms. The predicted octanol–water partition coefficient (Wildman–Crippen LogP) is 3.43. The second kappa shape index (κ2) is 7.78. The van der Waals surface area contributed by atoms with Crippen LogP contribution >= 0.6 is 51.7 Å². The molecule has 0 aliphatic rings. The van der Waals surface area contributed by atoms with Gasteiger partial charge in [0.1, 0.15) is 0 Å². The lowest BCUT2D eigenvalue weighted by atomic mass is 11.0. The topological polar surface area (TPSA) is 0 Å². The Hall–Kier alpha value is 1.78. The van der Waals surface area contributed by atoms with Gasteiger partial charge in [0.15, 0.2) is 0 Å². The first kappa shape index (κ1) is 8.78. The quantitative estimate of drug-likeness (QED) is 0.331. The summed E-state index contributed by atoms with van der Waals surface area (Å²) in [5.74, 6) is 1.22. The molecule has 0 aliphatic heterocycles. The summed E-state index contributed by atoms with van der Waals surface area (Å²) >= 11 is 2.31. The van der Waals surface area contributed by atoms with Crippen LogP contribution in [0.2, 0.25) is 0 Å². The van der Waals surface area contributed by atoms with Crippen molar-refractivity contribution in [3.63, 3.8) is 0 Å². The van der Waals surface area contributed by atoms with E-state index in [0.717, 1.165) is 0 Å². The SMILES string of the molecule is CCSSCSI. The van der Waals surface area contributed by atoms with E-state index in [0.29, 0.717) is 0 Å². The molecule has 0 heterocycles. The van der Waals surface area contributed by atoms with Crippen LogP contribution in [0.15, 0.2) is 0 Å². The Morgan fingerprint density at radius 1 is 1.43 bits per heavy atom. The molecule has 0 fully saturated rings. The summed E-state index contributed by atoms with van der Waals surface area (Å²) in [4.78, 5) is 0. The van der Waals surface area contributed by atoms with E-state index in [1.165, 1.54) is 10.8 Å². The molecule has 0 aromatic carbocycles. The maximum atomic E-state index is 2.31. The van der Waals surface area contributed by atoms with Gasteiger partial charge in [0.25, 0.3) is 0 Å². The van der Waals surface area contributed by atoms with Crippen LogP contribution in [0.3, 0.4) is 0 Å². The van der Waals surface area contributed by atoms with E-state index in [1.54, 1.807) is 0 Å². The van der Waals surface area contributed by atoms with E-state index < -0.39 is 0 Å². The van der Waals surface area contributed by atoms with Gasteiger partial charge < -0.3 is 0 Å². The van der Waals surface area contributed by atoms with Gasteiger partial charge in [-0.2, -0.15) is 0 Å². The fraction of sp³-hybridized carbons (Fsp3) is 1.00. The summed E-state index contributed by atoms with van der Waals surface area (Å²) in [6.45, 7) is 2.18. The van der Waals surface area contributed by atoms with Crippen LogP contribution in [-0.4, -0.2) is 10.8 Å². The zero-order chi connectivity index (χ0) is 5.54. The molecule has 0 aromatic rings. The van der Waals surface area contributed by atoms with Crippen molar-refractivity contribution in [1.29, 1.82) is 0 Å². The van der Waals surface area contributed by atoms with E-state index in [1.807, 2.05) is 30.5 Å². The molecule has 0 N–H and O–H groups in total. The lowest BCUT2D eigenvalue weighted by molar-refractivity contribution is 1.54. The number of hydrogen-bond acceptors (Lipinski definition) is 3. The minimum Gasteiger partial charge on any atom is -0.0936 e. The summed E-state index contributed by atoms with van der Waals surface area (Å²) < 4.78 is 0. The largest absolute Gasteiger partial charge is 0.0936 e. The van der Waals surface area contributed by atoms with Crippen molar-refractivity contribution < 1.29 is 0 Å². The van der Waals surface area contributed by atoms with Crippen LogP contribution in [0.1, 0.15) is 6.92 Å². The van der Waals surface area contributed by atoms with Gasteiger partial charge in [0.05, 0.1) is 5.08 Å². The number of rotatable bonds is 4. The molecular weight excluding hydrogens is 259 g/mol. The highest BCUT2D eigenvalue weighted by atomic mass is 127. The first-order chi connectivity index (χ1) is 3.41. The maximum absolute atomic E-state index is 2.31. The third-order valence-corrected chi connectivity index (χ3v) is 5.80. The Kier molecular flexibility index (Phi) is 9.76. The van der Waals surface area contributed by atoms with Crippen LogP contribution < -0.4 is 0 Å². The maximum Gasteiger partial charge on any atom is 0.0596 e. The Balaban J connectivity index is 2.45. The molecule has 0 aliphatic carbocycles. The third-order valence-electron chi connectivity index (χ3n) is 0.294. The zero-order valence-corrected chi connectivity index (χ0v) is 8.62. The van der Waals surface area contributed by atoms with Gasteiger partial charge in [-0.25, -0.2) is 0 Å². The normalized spacial score (nSPS) is 9.43. The molecule has 0 aromatic heterocycles. The highest BCUT2D eigenvalue weighted by Gasteiger charge is 1.81. The smallest absolute Gasteiger partial charge is 0.0596 e. The minimum atomic E-state index is 1.21. The standard InChI is InChI=1S/C3H7IS3/c1-2-6-7-3-5-4/h2-3H2,1H3.